The molecule has 0 bridgehead atoms. The van der Waals surface area contributed by atoms with Crippen LogP contribution in [0, 0.1) is 0 Å². The molecule has 1 heterocycles. The van der Waals surface area contributed by atoms with Crippen LogP contribution in [0.15, 0.2) is 217 Å². The second-order valence-corrected chi connectivity index (χ2v) is 13.4. The summed E-state index contributed by atoms with van der Waals surface area (Å²) in [5, 5.41) is 3.98. The number of hydrogen-bond donors (Lipinski definition) is 0. The van der Waals surface area contributed by atoms with Gasteiger partial charge in [-0.1, -0.05) is 170 Å². The minimum atomic E-state index is -0.137. The van der Waals surface area contributed by atoms with E-state index in [9.17, 15) is 5.48 Å². The number of para-hydroxylation sites is 2. The molecule has 2 heteroatoms. The van der Waals surface area contributed by atoms with Crippen molar-refractivity contribution < 1.29 is 9.90 Å². The highest BCUT2D eigenvalue weighted by molar-refractivity contribution is 6.22. The fraction of sp³-hybridized carbons (Fsp3) is 0. The van der Waals surface area contributed by atoms with Crippen molar-refractivity contribution >= 4 is 49.8 Å². The number of anilines is 3. The van der Waals surface area contributed by atoms with Crippen LogP contribution in [-0.4, -0.2) is 0 Å². The van der Waals surface area contributed by atoms with Gasteiger partial charge >= 0.3 is 0 Å². The molecule has 0 aliphatic heterocycles. The average molecular weight is 694 g/mol. The Kier molecular flexibility index (Phi) is 6.84. The van der Waals surface area contributed by atoms with Crippen LogP contribution in [0.5, 0.6) is 0 Å². The maximum absolute atomic E-state index is 9.66. The van der Waals surface area contributed by atoms with E-state index < -0.39 is 0 Å². The Labute approximate surface area is 320 Å². The van der Waals surface area contributed by atoms with E-state index in [1.807, 2.05) is 150 Å². The van der Waals surface area contributed by atoms with E-state index in [1.165, 1.54) is 0 Å². The zero-order valence-corrected chi connectivity index (χ0v) is 29.3. The van der Waals surface area contributed by atoms with E-state index in [-0.39, 0.29) is 35.4 Å². The highest BCUT2D eigenvalue weighted by Gasteiger charge is 2.22. The Hall–Kier alpha value is -7.16. The normalized spacial score (nSPS) is 12.4. The summed E-state index contributed by atoms with van der Waals surface area (Å²) in [6.07, 6.45) is 0. The summed E-state index contributed by atoms with van der Waals surface area (Å²) >= 11 is 0. The highest BCUT2D eigenvalue weighted by atomic mass is 16.3. The van der Waals surface area contributed by atoms with Gasteiger partial charge in [0.15, 0.2) is 0 Å². The second kappa shape index (κ2) is 13.4. The van der Waals surface area contributed by atoms with Crippen molar-refractivity contribution in [1.82, 2.24) is 0 Å². The monoisotopic (exact) mass is 693 g/mol. The average Bonchev–Trinajstić information content (AvgIpc) is 3.68. The van der Waals surface area contributed by atoms with Crippen molar-refractivity contribution in [3.8, 4) is 44.5 Å². The van der Waals surface area contributed by atoms with Gasteiger partial charge in [0.25, 0.3) is 0 Å². The summed E-state index contributed by atoms with van der Waals surface area (Å²) in [6, 6.07) is 61.9. The van der Waals surface area contributed by atoms with Crippen molar-refractivity contribution in [1.29, 1.82) is 0 Å². The third-order valence-corrected chi connectivity index (χ3v) is 10.2. The van der Waals surface area contributed by atoms with Gasteiger partial charge in [0, 0.05) is 33.1 Å². The van der Waals surface area contributed by atoms with E-state index in [4.69, 9.17) is 4.42 Å². The molecule has 0 fully saturated rings. The number of rotatable bonds is 7. The van der Waals surface area contributed by atoms with Crippen molar-refractivity contribution in [3.05, 3.63) is 212 Å². The number of nitrogens with zero attached hydrogens (tertiary/aromatic N) is 1. The first-order valence-corrected chi connectivity index (χ1v) is 18.1. The molecule has 0 amide bonds. The summed E-state index contributed by atoms with van der Waals surface area (Å²) in [5.41, 5.74) is 9.95. The van der Waals surface area contributed by atoms with E-state index in [1.54, 1.807) is 0 Å². The molecule has 0 saturated heterocycles. The first-order valence-electron chi connectivity index (χ1n) is 20.1. The molecular weight excluding hydrogens is 655 g/mol. The Morgan fingerprint density at radius 1 is 0.389 bits per heavy atom. The first kappa shape index (κ1) is 27.5. The smallest absolute Gasteiger partial charge is 0.143 e. The maximum Gasteiger partial charge on any atom is 0.143 e. The molecule has 254 valence electrons. The molecule has 0 saturated carbocycles. The fourth-order valence-corrected chi connectivity index (χ4v) is 7.51. The van der Waals surface area contributed by atoms with E-state index >= 15 is 0 Å². The minimum Gasteiger partial charge on any atom is -0.455 e. The van der Waals surface area contributed by atoms with Gasteiger partial charge in [-0.25, -0.2) is 0 Å². The predicted molar refractivity (Wildman–Crippen MR) is 228 cm³/mol. The van der Waals surface area contributed by atoms with Gasteiger partial charge in [-0.15, -0.1) is 0 Å². The van der Waals surface area contributed by atoms with Crippen LogP contribution in [0.25, 0.3) is 77.2 Å². The number of fused-ring (bicyclic) bond motifs is 5. The fourth-order valence-electron chi connectivity index (χ4n) is 7.51. The molecule has 0 aliphatic carbocycles. The quantitative estimate of drug-likeness (QED) is 0.165. The highest BCUT2D eigenvalue weighted by Crippen LogP contribution is 2.47. The molecule has 0 radical (unpaired) electrons. The molecule has 0 atom stereocenters. The Morgan fingerprint density at radius 2 is 0.907 bits per heavy atom. The van der Waals surface area contributed by atoms with Crippen LogP contribution in [0.3, 0.4) is 0 Å². The second-order valence-electron chi connectivity index (χ2n) is 13.4. The van der Waals surface area contributed by atoms with Crippen LogP contribution in [-0.2, 0) is 0 Å². The van der Waals surface area contributed by atoms with Gasteiger partial charge in [-0.3, -0.25) is 0 Å². The van der Waals surface area contributed by atoms with Gasteiger partial charge in [0.05, 0.1) is 11.2 Å². The van der Waals surface area contributed by atoms with Crippen LogP contribution in [0.1, 0.15) is 5.48 Å². The Balaban J connectivity index is 1.21. The summed E-state index contributed by atoms with van der Waals surface area (Å²) in [6.45, 7) is 0. The molecule has 1 aromatic heterocycles. The van der Waals surface area contributed by atoms with Crippen LogP contribution >= 0.6 is 0 Å². The molecule has 0 aliphatic rings. The molecular formula is C52H35NO. The molecule has 0 spiro atoms. The van der Waals surface area contributed by atoms with Gasteiger partial charge in [0.1, 0.15) is 11.2 Å². The van der Waals surface area contributed by atoms with Gasteiger partial charge < -0.3 is 9.32 Å². The predicted octanol–water partition coefficient (Wildman–Crippen LogP) is 14.9. The molecule has 54 heavy (non-hydrogen) atoms. The Bertz CT molecular complexity index is 3110. The Morgan fingerprint density at radius 3 is 1.59 bits per heavy atom. The number of benzene rings is 9. The molecule has 0 N–H and O–H groups in total. The van der Waals surface area contributed by atoms with Gasteiger partial charge in [-0.05, 0) is 86.7 Å². The largest absolute Gasteiger partial charge is 0.455 e. The summed E-state index contributed by atoms with van der Waals surface area (Å²) in [7, 11) is 0. The van der Waals surface area contributed by atoms with E-state index in [0.717, 1.165) is 66.1 Å². The lowest BCUT2D eigenvalue weighted by molar-refractivity contribution is 0.673. The van der Waals surface area contributed by atoms with Gasteiger partial charge in [-0.2, -0.15) is 0 Å². The molecule has 2 nitrogen and oxygen atoms in total. The first-order chi connectivity index (χ1) is 28.5. The SMILES string of the molecule is [2H]c1c([2H])c(N(c2ccc(-c3ccccc3)cc2)c2ccccc2-c2cc3ccccc3c3oc4ccccc4c23)c([2H])c([2H])c1-c1ccc(-c2ccccc2)cc1. The lowest BCUT2D eigenvalue weighted by atomic mass is 9.93. The van der Waals surface area contributed by atoms with Crippen molar-refractivity contribution in [2.45, 2.75) is 0 Å². The van der Waals surface area contributed by atoms with E-state index in [0.29, 0.717) is 16.9 Å². The lowest BCUT2D eigenvalue weighted by Crippen LogP contribution is -2.11. The number of hydrogen-bond acceptors (Lipinski definition) is 2. The maximum atomic E-state index is 9.66. The zero-order valence-electron chi connectivity index (χ0n) is 33.3. The topological polar surface area (TPSA) is 16.4 Å². The molecule has 10 rings (SSSR count). The third-order valence-electron chi connectivity index (χ3n) is 10.2. The van der Waals surface area contributed by atoms with Crippen molar-refractivity contribution in [3.63, 3.8) is 0 Å². The lowest BCUT2D eigenvalue weighted by Gasteiger charge is -2.28. The molecule has 0 unspecified atom stereocenters. The zero-order chi connectivity index (χ0) is 39.3. The minimum absolute atomic E-state index is 0.110. The van der Waals surface area contributed by atoms with Crippen LogP contribution < -0.4 is 4.90 Å². The summed E-state index contributed by atoms with van der Waals surface area (Å²) < 4.78 is 44.8. The standard InChI is InChI=1S/C52H35NO/c1-3-13-36(14-4-1)38-23-25-39(26-24-38)41-29-33-44(34-30-41)53(43-31-27-40(28-32-43)37-15-5-2-6-16-37)49-21-11-9-19-46(49)48-35-42-17-7-8-18-45(42)52-51(48)47-20-10-12-22-50(47)54-52/h1-35H/i29D,30D,33D,34D. The van der Waals surface area contributed by atoms with E-state index in [2.05, 4.69) is 42.5 Å². The van der Waals surface area contributed by atoms with Crippen LogP contribution in [0.2, 0.25) is 0 Å². The van der Waals surface area contributed by atoms with Crippen molar-refractivity contribution in [2.75, 3.05) is 4.90 Å². The summed E-state index contributed by atoms with van der Waals surface area (Å²) in [4.78, 5) is 1.89. The summed E-state index contributed by atoms with van der Waals surface area (Å²) in [5.74, 6) is 0. The third kappa shape index (κ3) is 5.62. The number of furan rings is 1. The molecule has 10 aromatic rings. The van der Waals surface area contributed by atoms with Gasteiger partial charge in [0.2, 0.25) is 0 Å². The van der Waals surface area contributed by atoms with Crippen molar-refractivity contribution in [2.24, 2.45) is 0 Å². The van der Waals surface area contributed by atoms with Crippen LogP contribution in [0.4, 0.5) is 17.1 Å². The molecule has 9 aromatic carbocycles.